The van der Waals surface area contributed by atoms with E-state index in [9.17, 15) is 14.4 Å². The molecule has 0 aliphatic rings. The molecule has 0 saturated heterocycles. The van der Waals surface area contributed by atoms with Crippen LogP contribution in [0.25, 0.3) is 0 Å². The minimum absolute atomic E-state index is 0.0795. The molecular formula is C13H18N2O4S. The van der Waals surface area contributed by atoms with Crippen molar-refractivity contribution in [3.63, 3.8) is 0 Å². The highest BCUT2D eigenvalue weighted by Crippen LogP contribution is 2.06. The number of amides is 2. The van der Waals surface area contributed by atoms with Gasteiger partial charge in [0, 0.05) is 31.0 Å². The normalized spacial score (nSPS) is 11.7. The Labute approximate surface area is 121 Å². The van der Waals surface area contributed by atoms with Crippen LogP contribution in [-0.4, -0.2) is 47.4 Å². The molecule has 2 amide bonds. The molecule has 1 aromatic rings. The Hall–Kier alpha value is -1.89. The Morgan fingerprint density at radius 2 is 2.15 bits per heavy atom. The molecule has 110 valence electrons. The Morgan fingerprint density at radius 1 is 1.45 bits per heavy atom. The topological polar surface area (TPSA) is 86.7 Å². The van der Waals surface area contributed by atoms with Gasteiger partial charge in [0.1, 0.15) is 6.04 Å². The van der Waals surface area contributed by atoms with E-state index in [4.69, 9.17) is 5.11 Å². The number of thiophene rings is 1. The van der Waals surface area contributed by atoms with E-state index in [1.54, 1.807) is 23.8 Å². The number of nitrogens with one attached hydrogen (secondary N) is 1. The highest BCUT2D eigenvalue weighted by atomic mass is 32.1. The standard InChI is InChI=1S/C13H18N2O4S/c1-3-10(13(18)19)15(2)11(16)4-6-14-12(17)9-5-7-20-8-9/h5,7-8,10H,3-4,6H2,1-2H3,(H,14,17)(H,18,19). The summed E-state index contributed by atoms with van der Waals surface area (Å²) >= 11 is 1.42. The van der Waals surface area contributed by atoms with Crippen molar-refractivity contribution in [1.29, 1.82) is 0 Å². The number of carbonyl (C=O) groups is 3. The van der Waals surface area contributed by atoms with Gasteiger partial charge in [-0.1, -0.05) is 6.92 Å². The number of carbonyl (C=O) groups excluding carboxylic acids is 2. The lowest BCUT2D eigenvalue weighted by Gasteiger charge is -2.23. The van der Waals surface area contributed by atoms with E-state index < -0.39 is 12.0 Å². The van der Waals surface area contributed by atoms with Gasteiger partial charge in [-0.05, 0) is 17.9 Å². The van der Waals surface area contributed by atoms with E-state index in [0.29, 0.717) is 12.0 Å². The fourth-order valence-corrected chi connectivity index (χ4v) is 2.38. The fourth-order valence-electron chi connectivity index (χ4n) is 1.74. The van der Waals surface area contributed by atoms with Crippen molar-refractivity contribution in [3.05, 3.63) is 22.4 Å². The summed E-state index contributed by atoms with van der Waals surface area (Å²) in [5, 5.41) is 15.1. The van der Waals surface area contributed by atoms with Gasteiger partial charge in [-0.15, -0.1) is 0 Å². The number of carboxylic acid groups (broad SMARTS) is 1. The van der Waals surface area contributed by atoms with Crippen LogP contribution in [0.1, 0.15) is 30.1 Å². The summed E-state index contributed by atoms with van der Waals surface area (Å²) < 4.78 is 0. The van der Waals surface area contributed by atoms with Gasteiger partial charge in [0.25, 0.3) is 5.91 Å². The first-order valence-corrected chi connectivity index (χ1v) is 7.20. The smallest absolute Gasteiger partial charge is 0.326 e. The van der Waals surface area contributed by atoms with Crippen molar-refractivity contribution in [2.75, 3.05) is 13.6 Å². The first-order chi connectivity index (χ1) is 9.47. The van der Waals surface area contributed by atoms with Crippen LogP contribution in [0.3, 0.4) is 0 Å². The monoisotopic (exact) mass is 298 g/mol. The molecule has 1 rings (SSSR count). The van der Waals surface area contributed by atoms with E-state index in [0.717, 1.165) is 0 Å². The molecule has 1 unspecified atom stereocenters. The molecular weight excluding hydrogens is 280 g/mol. The molecule has 2 N–H and O–H groups in total. The lowest BCUT2D eigenvalue weighted by Crippen LogP contribution is -2.43. The molecule has 0 aromatic carbocycles. The molecule has 0 radical (unpaired) electrons. The Balaban J connectivity index is 2.39. The summed E-state index contributed by atoms with van der Waals surface area (Å²) in [5.41, 5.74) is 0.563. The molecule has 0 saturated carbocycles. The third-order valence-corrected chi connectivity index (χ3v) is 3.62. The van der Waals surface area contributed by atoms with Gasteiger partial charge in [0.2, 0.25) is 5.91 Å². The van der Waals surface area contributed by atoms with Crippen LogP contribution in [0.4, 0.5) is 0 Å². The molecule has 7 heteroatoms. The molecule has 0 aliphatic heterocycles. The highest BCUT2D eigenvalue weighted by Gasteiger charge is 2.24. The number of aliphatic carboxylic acids is 1. The summed E-state index contributed by atoms with van der Waals surface area (Å²) in [5.74, 6) is -1.55. The average molecular weight is 298 g/mol. The van der Waals surface area contributed by atoms with Crippen LogP contribution in [0.2, 0.25) is 0 Å². The van der Waals surface area contributed by atoms with E-state index in [1.165, 1.54) is 23.3 Å². The van der Waals surface area contributed by atoms with Gasteiger partial charge < -0.3 is 15.3 Å². The zero-order valence-corrected chi connectivity index (χ0v) is 12.3. The maximum absolute atomic E-state index is 11.8. The third kappa shape index (κ3) is 4.34. The molecule has 6 nitrogen and oxygen atoms in total. The molecule has 20 heavy (non-hydrogen) atoms. The van der Waals surface area contributed by atoms with E-state index in [-0.39, 0.29) is 24.8 Å². The molecule has 0 bridgehead atoms. The lowest BCUT2D eigenvalue weighted by atomic mass is 10.2. The predicted octanol–water partition coefficient (Wildman–Crippen LogP) is 1.19. The van der Waals surface area contributed by atoms with Crippen LogP contribution >= 0.6 is 11.3 Å². The minimum Gasteiger partial charge on any atom is -0.480 e. The first kappa shape index (κ1) is 16.2. The summed E-state index contributed by atoms with van der Waals surface area (Å²) in [6.45, 7) is 1.90. The van der Waals surface area contributed by atoms with Crippen LogP contribution < -0.4 is 5.32 Å². The summed E-state index contributed by atoms with van der Waals surface area (Å²) in [7, 11) is 1.46. The van der Waals surface area contributed by atoms with Gasteiger partial charge >= 0.3 is 5.97 Å². The molecule has 1 aromatic heterocycles. The lowest BCUT2D eigenvalue weighted by molar-refractivity contribution is -0.149. The number of hydrogen-bond donors (Lipinski definition) is 2. The Bertz CT molecular complexity index is 473. The Kier molecular flexibility index (Phi) is 6.17. The first-order valence-electron chi connectivity index (χ1n) is 6.26. The molecule has 0 spiro atoms. The molecule has 1 heterocycles. The number of rotatable bonds is 7. The second kappa shape index (κ2) is 7.64. The molecule has 0 fully saturated rings. The van der Waals surface area contributed by atoms with Gasteiger partial charge in [0.15, 0.2) is 0 Å². The fraction of sp³-hybridized carbons (Fsp3) is 0.462. The average Bonchev–Trinajstić information content (AvgIpc) is 2.92. The summed E-state index contributed by atoms with van der Waals surface area (Å²) in [6, 6.07) is 0.876. The van der Waals surface area contributed by atoms with Crippen molar-refractivity contribution in [2.24, 2.45) is 0 Å². The summed E-state index contributed by atoms with van der Waals surface area (Å²) in [6.07, 6.45) is 0.426. The number of hydrogen-bond acceptors (Lipinski definition) is 4. The maximum atomic E-state index is 11.8. The van der Waals surface area contributed by atoms with Gasteiger partial charge in [-0.25, -0.2) is 4.79 Å². The van der Waals surface area contributed by atoms with E-state index >= 15 is 0 Å². The van der Waals surface area contributed by atoms with E-state index in [2.05, 4.69) is 5.32 Å². The SMILES string of the molecule is CCC(C(=O)O)N(C)C(=O)CCNC(=O)c1ccsc1. The van der Waals surface area contributed by atoms with Crippen LogP contribution in [0.15, 0.2) is 16.8 Å². The maximum Gasteiger partial charge on any atom is 0.326 e. The van der Waals surface area contributed by atoms with Crippen molar-refractivity contribution >= 4 is 29.1 Å². The van der Waals surface area contributed by atoms with Gasteiger partial charge in [-0.3, -0.25) is 9.59 Å². The highest BCUT2D eigenvalue weighted by molar-refractivity contribution is 7.08. The van der Waals surface area contributed by atoms with Crippen LogP contribution in [-0.2, 0) is 9.59 Å². The van der Waals surface area contributed by atoms with Gasteiger partial charge in [-0.2, -0.15) is 11.3 Å². The van der Waals surface area contributed by atoms with E-state index in [1.807, 2.05) is 0 Å². The van der Waals surface area contributed by atoms with Crippen molar-refractivity contribution in [1.82, 2.24) is 10.2 Å². The summed E-state index contributed by atoms with van der Waals surface area (Å²) in [4.78, 5) is 35.6. The van der Waals surface area contributed by atoms with Crippen LogP contribution in [0.5, 0.6) is 0 Å². The third-order valence-electron chi connectivity index (χ3n) is 2.94. The zero-order valence-electron chi connectivity index (χ0n) is 11.5. The van der Waals surface area contributed by atoms with Crippen LogP contribution in [0, 0.1) is 0 Å². The quantitative estimate of drug-likeness (QED) is 0.791. The van der Waals surface area contributed by atoms with Gasteiger partial charge in [0.05, 0.1) is 0 Å². The van der Waals surface area contributed by atoms with Crippen molar-refractivity contribution < 1.29 is 19.5 Å². The minimum atomic E-state index is -1.02. The van der Waals surface area contributed by atoms with Crippen molar-refractivity contribution in [3.8, 4) is 0 Å². The second-order valence-corrected chi connectivity index (χ2v) is 5.06. The largest absolute Gasteiger partial charge is 0.480 e. The van der Waals surface area contributed by atoms with Crippen molar-refractivity contribution in [2.45, 2.75) is 25.8 Å². The molecule has 0 aliphatic carbocycles. The number of carboxylic acids is 1. The zero-order chi connectivity index (χ0) is 15.1. The number of nitrogens with zero attached hydrogens (tertiary/aromatic N) is 1. The molecule has 1 atom stereocenters. The second-order valence-electron chi connectivity index (χ2n) is 4.28. The Morgan fingerprint density at radius 3 is 2.65 bits per heavy atom. The predicted molar refractivity (Wildman–Crippen MR) is 75.8 cm³/mol. The number of likely N-dealkylation sites (N-methyl/N-ethyl adjacent to an activating group) is 1.